The molecule has 3 aromatic carbocycles. The molecule has 5 rings (SSSR count). The Bertz CT molecular complexity index is 1580. The lowest BCUT2D eigenvalue weighted by atomic mass is 9.85. The van der Waals surface area contributed by atoms with Gasteiger partial charge in [0.05, 0.1) is 11.5 Å². The molecule has 1 N–H and O–H groups in total. The number of anilines is 1. The van der Waals surface area contributed by atoms with E-state index in [1.165, 1.54) is 12.1 Å². The minimum Gasteiger partial charge on any atom is -0.343 e. The number of allylic oxidation sites excluding steroid dienone is 1. The predicted molar refractivity (Wildman–Crippen MR) is 164 cm³/mol. The number of rotatable bonds is 7. The highest BCUT2D eigenvalue weighted by Gasteiger charge is 2.35. The van der Waals surface area contributed by atoms with Crippen molar-refractivity contribution in [1.82, 2.24) is 9.80 Å². The molecular formula is C35H36F3N3O3. The molecule has 44 heavy (non-hydrogen) atoms. The SMILES string of the molecule is CCN(CC)C(=O)C1CCCC=C1C(=O)N1CCc2cc(NC(=O)c3ccccc3-c3ccc(C(F)(F)F)cc3)ccc2C1. The third kappa shape index (κ3) is 6.56. The Kier molecular flexibility index (Phi) is 9.22. The summed E-state index contributed by atoms with van der Waals surface area (Å²) < 4.78 is 39.1. The van der Waals surface area contributed by atoms with Crippen molar-refractivity contribution in [3.05, 3.63) is 101 Å². The van der Waals surface area contributed by atoms with Crippen LogP contribution in [0.4, 0.5) is 18.9 Å². The zero-order valence-corrected chi connectivity index (χ0v) is 24.9. The van der Waals surface area contributed by atoms with Crippen LogP contribution < -0.4 is 5.32 Å². The Hall–Kier alpha value is -4.40. The number of amides is 3. The first-order valence-electron chi connectivity index (χ1n) is 15.1. The molecule has 0 radical (unpaired) electrons. The van der Waals surface area contributed by atoms with Gasteiger partial charge in [-0.3, -0.25) is 14.4 Å². The number of hydrogen-bond donors (Lipinski definition) is 1. The van der Waals surface area contributed by atoms with Crippen LogP contribution in [-0.4, -0.2) is 47.2 Å². The van der Waals surface area contributed by atoms with Gasteiger partial charge in [-0.2, -0.15) is 13.2 Å². The summed E-state index contributed by atoms with van der Waals surface area (Å²) in [5.74, 6) is -0.841. The zero-order chi connectivity index (χ0) is 31.4. The van der Waals surface area contributed by atoms with Crippen LogP contribution in [0.1, 0.15) is 60.2 Å². The van der Waals surface area contributed by atoms with Crippen molar-refractivity contribution in [3.63, 3.8) is 0 Å². The maximum Gasteiger partial charge on any atom is 0.416 e. The first-order chi connectivity index (χ1) is 21.1. The van der Waals surface area contributed by atoms with Crippen LogP contribution >= 0.6 is 0 Å². The second kappa shape index (κ2) is 13.1. The van der Waals surface area contributed by atoms with E-state index >= 15 is 0 Å². The highest BCUT2D eigenvalue weighted by molar-refractivity contribution is 6.08. The van der Waals surface area contributed by atoms with Gasteiger partial charge in [0.25, 0.3) is 11.8 Å². The minimum atomic E-state index is -4.44. The van der Waals surface area contributed by atoms with E-state index in [4.69, 9.17) is 0 Å². The molecule has 1 heterocycles. The smallest absolute Gasteiger partial charge is 0.343 e. The molecule has 1 aliphatic carbocycles. The molecule has 3 amide bonds. The zero-order valence-electron chi connectivity index (χ0n) is 24.9. The van der Waals surface area contributed by atoms with Gasteiger partial charge >= 0.3 is 6.18 Å². The van der Waals surface area contributed by atoms with Gasteiger partial charge in [-0.15, -0.1) is 0 Å². The van der Waals surface area contributed by atoms with Crippen LogP contribution in [0.2, 0.25) is 0 Å². The number of nitrogens with one attached hydrogen (secondary N) is 1. The summed E-state index contributed by atoms with van der Waals surface area (Å²) in [5.41, 5.74) is 3.83. The summed E-state index contributed by atoms with van der Waals surface area (Å²) in [7, 11) is 0. The van der Waals surface area contributed by atoms with E-state index in [2.05, 4.69) is 5.32 Å². The first kappa shape index (κ1) is 31.0. The number of nitrogens with zero attached hydrogens (tertiary/aromatic N) is 2. The molecule has 1 atom stereocenters. The lowest BCUT2D eigenvalue weighted by Gasteiger charge is -2.34. The summed E-state index contributed by atoms with van der Waals surface area (Å²) in [6, 6.07) is 17.1. The standard InChI is InChI=1S/C35H36F3N3O3/c1-3-40(4-2)33(43)30-11-7-8-12-31(30)34(44)41-20-19-24-21-27(18-15-25(24)22-41)39-32(42)29-10-6-5-9-28(29)23-13-16-26(17-14-23)35(36,37)38/h5-6,9-10,12-18,21,30H,3-4,7-8,11,19-20,22H2,1-2H3,(H,39,42). The number of alkyl halides is 3. The second-order valence-corrected chi connectivity index (χ2v) is 11.2. The van der Waals surface area contributed by atoms with E-state index in [1.54, 1.807) is 40.1 Å². The van der Waals surface area contributed by atoms with Crippen molar-refractivity contribution >= 4 is 23.4 Å². The summed E-state index contributed by atoms with van der Waals surface area (Å²) in [6.07, 6.45) is 0.469. The Morgan fingerprint density at radius 3 is 2.39 bits per heavy atom. The number of hydrogen-bond acceptors (Lipinski definition) is 3. The van der Waals surface area contributed by atoms with E-state index in [1.807, 2.05) is 32.1 Å². The average molecular weight is 604 g/mol. The molecule has 9 heteroatoms. The number of benzene rings is 3. The van der Waals surface area contributed by atoms with Crippen LogP contribution in [0.15, 0.2) is 78.4 Å². The summed E-state index contributed by atoms with van der Waals surface area (Å²) >= 11 is 0. The normalized spacial score (nSPS) is 16.5. The van der Waals surface area contributed by atoms with Crippen LogP contribution in [0.25, 0.3) is 11.1 Å². The van der Waals surface area contributed by atoms with Gasteiger partial charge in [-0.25, -0.2) is 0 Å². The molecule has 0 bridgehead atoms. The lowest BCUT2D eigenvalue weighted by Crippen LogP contribution is -2.43. The van der Waals surface area contributed by atoms with Crippen LogP contribution in [0, 0.1) is 5.92 Å². The molecule has 0 spiro atoms. The third-order valence-corrected chi connectivity index (χ3v) is 8.52. The lowest BCUT2D eigenvalue weighted by molar-refractivity contribution is -0.138. The molecule has 1 unspecified atom stereocenters. The number of halogens is 3. The van der Waals surface area contributed by atoms with Crippen molar-refractivity contribution in [2.45, 2.75) is 52.3 Å². The molecule has 6 nitrogen and oxygen atoms in total. The largest absolute Gasteiger partial charge is 0.416 e. The molecule has 3 aromatic rings. The monoisotopic (exact) mass is 603 g/mol. The van der Waals surface area contributed by atoms with Gasteiger partial charge in [0.1, 0.15) is 0 Å². The maximum absolute atomic E-state index is 13.6. The number of carbonyl (C=O) groups is 3. The van der Waals surface area contributed by atoms with Gasteiger partial charge in [-0.1, -0.05) is 42.5 Å². The topological polar surface area (TPSA) is 69.7 Å². The Labute approximate surface area is 255 Å². The molecular weight excluding hydrogens is 567 g/mol. The van der Waals surface area contributed by atoms with Gasteiger partial charge in [0.2, 0.25) is 5.91 Å². The van der Waals surface area contributed by atoms with E-state index in [-0.39, 0.29) is 17.7 Å². The summed E-state index contributed by atoms with van der Waals surface area (Å²) in [6.45, 7) is 6.05. The first-order valence-corrected chi connectivity index (χ1v) is 15.1. The summed E-state index contributed by atoms with van der Waals surface area (Å²) in [4.78, 5) is 43.7. The Morgan fingerprint density at radius 2 is 1.68 bits per heavy atom. The fraction of sp³-hybridized carbons (Fsp3) is 0.343. The minimum absolute atomic E-state index is 0.0204. The van der Waals surface area contributed by atoms with E-state index in [0.29, 0.717) is 67.0 Å². The average Bonchev–Trinajstić information content (AvgIpc) is 3.04. The van der Waals surface area contributed by atoms with Crippen molar-refractivity contribution in [1.29, 1.82) is 0 Å². The fourth-order valence-corrected chi connectivity index (χ4v) is 6.08. The van der Waals surface area contributed by atoms with E-state index in [0.717, 1.165) is 36.1 Å². The fourth-order valence-electron chi connectivity index (χ4n) is 6.08. The molecule has 0 saturated heterocycles. The van der Waals surface area contributed by atoms with Crippen molar-refractivity contribution in [3.8, 4) is 11.1 Å². The third-order valence-electron chi connectivity index (χ3n) is 8.52. The van der Waals surface area contributed by atoms with E-state index < -0.39 is 17.7 Å². The van der Waals surface area contributed by atoms with E-state index in [9.17, 15) is 27.6 Å². The van der Waals surface area contributed by atoms with Crippen molar-refractivity contribution in [2.24, 2.45) is 5.92 Å². The highest BCUT2D eigenvalue weighted by Crippen LogP contribution is 2.33. The molecule has 2 aliphatic rings. The quantitative estimate of drug-likeness (QED) is 0.313. The van der Waals surface area contributed by atoms with Gasteiger partial charge < -0.3 is 15.1 Å². The second-order valence-electron chi connectivity index (χ2n) is 11.2. The van der Waals surface area contributed by atoms with Gasteiger partial charge in [0, 0.05) is 43.0 Å². The van der Waals surface area contributed by atoms with Gasteiger partial charge in [-0.05, 0) is 92.1 Å². The predicted octanol–water partition coefficient (Wildman–Crippen LogP) is 7.10. The van der Waals surface area contributed by atoms with Gasteiger partial charge in [0.15, 0.2) is 0 Å². The van der Waals surface area contributed by atoms with Crippen LogP contribution in [-0.2, 0) is 28.7 Å². The maximum atomic E-state index is 13.6. The molecule has 1 aliphatic heterocycles. The molecule has 0 aromatic heterocycles. The van der Waals surface area contributed by atoms with Crippen molar-refractivity contribution in [2.75, 3.05) is 25.0 Å². The highest BCUT2D eigenvalue weighted by atomic mass is 19.4. The van der Waals surface area contributed by atoms with Crippen molar-refractivity contribution < 1.29 is 27.6 Å². The molecule has 0 saturated carbocycles. The number of carbonyl (C=O) groups excluding carboxylic acids is 3. The Balaban J connectivity index is 1.28. The number of fused-ring (bicyclic) bond motifs is 1. The van der Waals surface area contributed by atoms with Crippen LogP contribution in [0.3, 0.4) is 0 Å². The van der Waals surface area contributed by atoms with Crippen LogP contribution in [0.5, 0.6) is 0 Å². The summed E-state index contributed by atoms with van der Waals surface area (Å²) in [5, 5.41) is 2.93. The Morgan fingerprint density at radius 1 is 0.955 bits per heavy atom. The molecule has 230 valence electrons. The molecule has 0 fully saturated rings.